The molecule has 0 atom stereocenters. The Balaban J connectivity index is 2.17. The van der Waals surface area contributed by atoms with E-state index in [0.717, 1.165) is 24.4 Å². The van der Waals surface area contributed by atoms with Crippen LogP contribution in [0.25, 0.3) is 0 Å². The molecule has 1 aliphatic rings. The summed E-state index contributed by atoms with van der Waals surface area (Å²) in [5.41, 5.74) is 1.11. The number of carbonyl (C=O) groups is 1. The topological polar surface area (TPSA) is 29.1 Å². The minimum Gasteiger partial charge on any atom is -0.387 e. The van der Waals surface area contributed by atoms with E-state index in [1.165, 1.54) is 0 Å². The van der Waals surface area contributed by atoms with Crippen molar-refractivity contribution in [2.75, 3.05) is 18.6 Å². The molecule has 0 unspecified atom stereocenters. The molecule has 1 rings (SSSR count). The summed E-state index contributed by atoms with van der Waals surface area (Å²) in [6.45, 7) is 0.972. The molecule has 0 spiro atoms. The summed E-state index contributed by atoms with van der Waals surface area (Å²) in [7, 11) is 0. The molecule has 1 N–H and O–H groups in total. The second kappa shape index (κ2) is 4.44. The summed E-state index contributed by atoms with van der Waals surface area (Å²) in [5, 5.41) is 3.23. The van der Waals surface area contributed by atoms with Crippen LogP contribution in [0.2, 0.25) is 0 Å². The molecule has 1 aliphatic carbocycles. The zero-order valence-electron chi connectivity index (χ0n) is 6.72. The summed E-state index contributed by atoms with van der Waals surface area (Å²) < 4.78 is 0. The standard InChI is InChI=1S/C8H13NOS/c1-11-5-4-9-7-2-3-8(10)6-7/h6,9H,2-5H2,1H3. The van der Waals surface area contributed by atoms with Gasteiger partial charge >= 0.3 is 0 Å². The molecule has 0 bridgehead atoms. The van der Waals surface area contributed by atoms with E-state index >= 15 is 0 Å². The van der Waals surface area contributed by atoms with Crippen molar-refractivity contribution in [3.05, 3.63) is 11.8 Å². The fourth-order valence-electron chi connectivity index (χ4n) is 1.05. The minimum absolute atomic E-state index is 0.261. The highest BCUT2D eigenvalue weighted by Gasteiger charge is 2.10. The van der Waals surface area contributed by atoms with Crippen molar-refractivity contribution >= 4 is 17.5 Å². The Morgan fingerprint density at radius 1 is 1.64 bits per heavy atom. The van der Waals surface area contributed by atoms with Crippen LogP contribution in [0.15, 0.2) is 11.8 Å². The van der Waals surface area contributed by atoms with Gasteiger partial charge in [-0.2, -0.15) is 11.8 Å². The number of allylic oxidation sites excluding steroid dienone is 2. The second-order valence-electron chi connectivity index (χ2n) is 2.56. The molecule has 11 heavy (non-hydrogen) atoms. The zero-order chi connectivity index (χ0) is 8.10. The van der Waals surface area contributed by atoms with Gasteiger partial charge in [-0.05, 0) is 12.7 Å². The van der Waals surface area contributed by atoms with Crippen LogP contribution in [-0.2, 0) is 4.79 Å². The van der Waals surface area contributed by atoms with E-state index in [-0.39, 0.29) is 5.78 Å². The normalized spacial score (nSPS) is 16.8. The molecule has 0 amide bonds. The van der Waals surface area contributed by atoms with E-state index in [1.807, 2.05) is 11.8 Å². The van der Waals surface area contributed by atoms with Gasteiger partial charge in [0, 0.05) is 30.5 Å². The van der Waals surface area contributed by atoms with Crippen LogP contribution < -0.4 is 5.32 Å². The Bertz CT molecular complexity index is 177. The monoisotopic (exact) mass is 171 g/mol. The van der Waals surface area contributed by atoms with Crippen LogP contribution in [0, 0.1) is 0 Å². The van der Waals surface area contributed by atoms with Gasteiger partial charge in [-0.15, -0.1) is 0 Å². The van der Waals surface area contributed by atoms with Crippen molar-refractivity contribution in [2.24, 2.45) is 0 Å². The Hall–Kier alpha value is -0.440. The molecule has 0 heterocycles. The van der Waals surface area contributed by atoms with E-state index in [2.05, 4.69) is 11.6 Å². The van der Waals surface area contributed by atoms with Crippen LogP contribution in [0.5, 0.6) is 0 Å². The molecule has 0 aromatic rings. The van der Waals surface area contributed by atoms with Crippen molar-refractivity contribution < 1.29 is 4.79 Å². The Morgan fingerprint density at radius 2 is 2.45 bits per heavy atom. The van der Waals surface area contributed by atoms with Gasteiger partial charge in [0.2, 0.25) is 0 Å². The molecule has 0 aliphatic heterocycles. The third-order valence-electron chi connectivity index (χ3n) is 1.63. The first-order valence-corrected chi connectivity index (χ1v) is 5.18. The van der Waals surface area contributed by atoms with Gasteiger partial charge in [-0.1, -0.05) is 0 Å². The number of nitrogens with one attached hydrogen (secondary N) is 1. The van der Waals surface area contributed by atoms with Crippen LogP contribution in [0.1, 0.15) is 12.8 Å². The summed E-state index contributed by atoms with van der Waals surface area (Å²) in [6.07, 6.45) is 5.41. The molecule has 3 heteroatoms. The maximum atomic E-state index is 10.8. The quantitative estimate of drug-likeness (QED) is 0.644. The number of hydrogen-bond acceptors (Lipinski definition) is 3. The largest absolute Gasteiger partial charge is 0.387 e. The molecule has 2 nitrogen and oxygen atoms in total. The van der Waals surface area contributed by atoms with Gasteiger partial charge in [-0.3, -0.25) is 4.79 Å². The highest BCUT2D eigenvalue weighted by molar-refractivity contribution is 7.98. The van der Waals surface area contributed by atoms with Crippen molar-refractivity contribution in [2.45, 2.75) is 12.8 Å². The maximum absolute atomic E-state index is 10.8. The number of hydrogen-bond donors (Lipinski definition) is 1. The van der Waals surface area contributed by atoms with Gasteiger partial charge in [0.05, 0.1) is 0 Å². The summed E-state index contributed by atoms with van der Waals surface area (Å²) in [6, 6.07) is 0. The molecule has 0 saturated heterocycles. The average molecular weight is 171 g/mol. The van der Waals surface area contributed by atoms with Crippen LogP contribution in [-0.4, -0.2) is 24.3 Å². The zero-order valence-corrected chi connectivity index (χ0v) is 7.54. The smallest absolute Gasteiger partial charge is 0.157 e. The molecule has 0 fully saturated rings. The van der Waals surface area contributed by atoms with Crippen LogP contribution in [0.4, 0.5) is 0 Å². The fourth-order valence-corrected chi connectivity index (χ4v) is 1.36. The first-order chi connectivity index (χ1) is 5.33. The van der Waals surface area contributed by atoms with E-state index < -0.39 is 0 Å². The number of ketones is 1. The second-order valence-corrected chi connectivity index (χ2v) is 3.54. The SMILES string of the molecule is CSCCNC1=CC(=O)CC1. The lowest BCUT2D eigenvalue weighted by atomic mass is 10.3. The predicted octanol–water partition coefficient (Wildman–Crippen LogP) is 1.19. The first-order valence-electron chi connectivity index (χ1n) is 3.79. The van der Waals surface area contributed by atoms with E-state index in [0.29, 0.717) is 6.42 Å². The van der Waals surface area contributed by atoms with E-state index in [9.17, 15) is 4.79 Å². The number of carbonyl (C=O) groups excluding carboxylic acids is 1. The van der Waals surface area contributed by atoms with Gasteiger partial charge in [-0.25, -0.2) is 0 Å². The van der Waals surface area contributed by atoms with Gasteiger partial charge in [0.1, 0.15) is 0 Å². The van der Waals surface area contributed by atoms with Gasteiger partial charge in [0.15, 0.2) is 5.78 Å². The fraction of sp³-hybridized carbons (Fsp3) is 0.625. The molecule has 62 valence electrons. The number of thioether (sulfide) groups is 1. The Labute approximate surface area is 71.4 Å². The highest BCUT2D eigenvalue weighted by atomic mass is 32.2. The molecular formula is C8H13NOS. The molecule has 0 radical (unpaired) electrons. The van der Waals surface area contributed by atoms with Crippen molar-refractivity contribution in [3.8, 4) is 0 Å². The van der Waals surface area contributed by atoms with Crippen molar-refractivity contribution in [1.82, 2.24) is 5.32 Å². The molecule has 0 aromatic carbocycles. The summed E-state index contributed by atoms with van der Waals surface area (Å²) in [5.74, 6) is 1.36. The molecule has 0 saturated carbocycles. The lowest BCUT2D eigenvalue weighted by molar-refractivity contribution is -0.114. The predicted molar refractivity (Wildman–Crippen MR) is 48.7 cm³/mol. The Morgan fingerprint density at radius 3 is 3.00 bits per heavy atom. The third-order valence-corrected chi connectivity index (χ3v) is 2.25. The highest BCUT2D eigenvalue weighted by Crippen LogP contribution is 2.11. The van der Waals surface area contributed by atoms with Gasteiger partial charge in [0.25, 0.3) is 0 Å². The summed E-state index contributed by atoms with van der Waals surface area (Å²) >= 11 is 1.81. The third kappa shape index (κ3) is 2.97. The van der Waals surface area contributed by atoms with Crippen molar-refractivity contribution in [1.29, 1.82) is 0 Å². The van der Waals surface area contributed by atoms with Gasteiger partial charge < -0.3 is 5.32 Å². The molecule has 0 aromatic heterocycles. The van der Waals surface area contributed by atoms with Crippen LogP contribution in [0.3, 0.4) is 0 Å². The first kappa shape index (κ1) is 8.65. The molecular weight excluding hydrogens is 158 g/mol. The number of rotatable bonds is 4. The Kier molecular flexibility index (Phi) is 3.49. The average Bonchev–Trinajstić information content (AvgIpc) is 2.37. The minimum atomic E-state index is 0.261. The van der Waals surface area contributed by atoms with Crippen molar-refractivity contribution in [3.63, 3.8) is 0 Å². The maximum Gasteiger partial charge on any atom is 0.157 e. The van der Waals surface area contributed by atoms with E-state index in [1.54, 1.807) is 6.08 Å². The lowest BCUT2D eigenvalue weighted by Crippen LogP contribution is -2.14. The van der Waals surface area contributed by atoms with Crippen LogP contribution >= 0.6 is 11.8 Å². The summed E-state index contributed by atoms with van der Waals surface area (Å²) in [4.78, 5) is 10.8. The lowest BCUT2D eigenvalue weighted by Gasteiger charge is -2.03. The van der Waals surface area contributed by atoms with E-state index in [4.69, 9.17) is 0 Å².